The van der Waals surface area contributed by atoms with Gasteiger partial charge in [-0.2, -0.15) is 0 Å². The fraction of sp³-hybridized carbons (Fsp3) is 0. The average molecular weight is 685 g/mol. The highest BCUT2D eigenvalue weighted by molar-refractivity contribution is 6.22. The van der Waals surface area contributed by atoms with E-state index in [2.05, 4.69) is 218 Å². The van der Waals surface area contributed by atoms with E-state index in [1.165, 1.54) is 99.1 Å². The SMILES string of the molecule is c1ccc(-c2ccc(-c3c4ccccc4c(-c4ccc(-c5ccccc5)cc4)c4cc(-c5ccc(-c6ccccc6)c6ccccc56)ccc34)cc2)cc1. The Morgan fingerprint density at radius 3 is 0.963 bits per heavy atom. The second-order valence-electron chi connectivity index (χ2n) is 14.0. The van der Waals surface area contributed by atoms with Gasteiger partial charge in [0.15, 0.2) is 0 Å². The standard InChI is InChI=1S/C54H36/c1-4-14-37(15-5-1)39-24-28-42(29-25-39)53-49-22-12-13-23-50(49)54(43-30-26-40(27-31-43)38-16-6-2-7-17-38)52-36-44(32-33-51(52)53)46-35-34-45(41-18-8-3-9-19-41)47-20-10-11-21-48(46)47/h1-36H. The van der Waals surface area contributed by atoms with Gasteiger partial charge in [-0.05, 0) is 105 Å². The topological polar surface area (TPSA) is 0 Å². The van der Waals surface area contributed by atoms with Crippen molar-refractivity contribution in [2.75, 3.05) is 0 Å². The molecule has 0 nitrogen and oxygen atoms in total. The van der Waals surface area contributed by atoms with Gasteiger partial charge < -0.3 is 0 Å². The Kier molecular flexibility index (Phi) is 7.93. The molecule has 0 atom stereocenters. The minimum atomic E-state index is 1.21. The van der Waals surface area contributed by atoms with E-state index < -0.39 is 0 Å². The summed E-state index contributed by atoms with van der Waals surface area (Å²) in [5, 5.41) is 7.51. The van der Waals surface area contributed by atoms with Crippen molar-refractivity contribution >= 4 is 32.3 Å². The number of rotatable bonds is 6. The molecule has 0 bridgehead atoms. The normalized spacial score (nSPS) is 11.3. The van der Waals surface area contributed by atoms with Gasteiger partial charge >= 0.3 is 0 Å². The lowest BCUT2D eigenvalue weighted by Gasteiger charge is -2.20. The molecule has 0 N–H and O–H groups in total. The minimum absolute atomic E-state index is 1.21. The molecule has 0 spiro atoms. The van der Waals surface area contributed by atoms with Crippen LogP contribution in [0.1, 0.15) is 0 Å². The molecule has 10 aromatic rings. The molecule has 0 aliphatic carbocycles. The van der Waals surface area contributed by atoms with Gasteiger partial charge in [-0.15, -0.1) is 0 Å². The maximum atomic E-state index is 2.44. The summed E-state index contributed by atoms with van der Waals surface area (Å²) in [6.07, 6.45) is 0. The van der Waals surface area contributed by atoms with Gasteiger partial charge in [-0.1, -0.05) is 212 Å². The number of benzene rings is 10. The molecule has 0 aromatic heterocycles. The Bertz CT molecular complexity index is 2920. The third-order valence-corrected chi connectivity index (χ3v) is 10.9. The van der Waals surface area contributed by atoms with Crippen LogP contribution < -0.4 is 0 Å². The quantitative estimate of drug-likeness (QED) is 0.153. The van der Waals surface area contributed by atoms with E-state index in [0.717, 1.165) is 0 Å². The molecule has 0 fully saturated rings. The first-order valence-electron chi connectivity index (χ1n) is 18.7. The van der Waals surface area contributed by atoms with Crippen LogP contribution in [-0.2, 0) is 0 Å². The van der Waals surface area contributed by atoms with Crippen LogP contribution in [0.2, 0.25) is 0 Å². The van der Waals surface area contributed by atoms with Crippen LogP contribution in [0.25, 0.3) is 99.1 Å². The molecule has 0 aliphatic rings. The summed E-state index contributed by atoms with van der Waals surface area (Å²) in [7, 11) is 0. The van der Waals surface area contributed by atoms with Crippen LogP contribution in [0.3, 0.4) is 0 Å². The van der Waals surface area contributed by atoms with Crippen molar-refractivity contribution in [1.29, 1.82) is 0 Å². The zero-order valence-corrected chi connectivity index (χ0v) is 29.8. The summed E-state index contributed by atoms with van der Waals surface area (Å²) in [6.45, 7) is 0. The Morgan fingerprint density at radius 2 is 0.481 bits per heavy atom. The zero-order chi connectivity index (χ0) is 35.8. The van der Waals surface area contributed by atoms with E-state index in [1.54, 1.807) is 0 Å². The maximum Gasteiger partial charge on any atom is -0.00261 e. The molecule has 0 heteroatoms. The largest absolute Gasteiger partial charge is 0.0622 e. The van der Waals surface area contributed by atoms with E-state index in [0.29, 0.717) is 0 Å². The summed E-state index contributed by atoms with van der Waals surface area (Å²) < 4.78 is 0. The lowest BCUT2D eigenvalue weighted by molar-refractivity contribution is 1.60. The van der Waals surface area contributed by atoms with Crippen molar-refractivity contribution in [2.24, 2.45) is 0 Å². The summed E-state index contributed by atoms with van der Waals surface area (Å²) in [5.74, 6) is 0. The van der Waals surface area contributed by atoms with Crippen molar-refractivity contribution in [2.45, 2.75) is 0 Å². The van der Waals surface area contributed by atoms with Crippen LogP contribution >= 0.6 is 0 Å². The Morgan fingerprint density at radius 1 is 0.167 bits per heavy atom. The lowest BCUT2D eigenvalue weighted by atomic mass is 9.84. The van der Waals surface area contributed by atoms with Crippen molar-refractivity contribution in [3.05, 3.63) is 218 Å². The van der Waals surface area contributed by atoms with Crippen molar-refractivity contribution in [1.82, 2.24) is 0 Å². The van der Waals surface area contributed by atoms with Crippen LogP contribution in [0, 0.1) is 0 Å². The van der Waals surface area contributed by atoms with Crippen LogP contribution in [0.5, 0.6) is 0 Å². The molecule has 0 saturated carbocycles. The highest BCUT2D eigenvalue weighted by Gasteiger charge is 2.19. The van der Waals surface area contributed by atoms with Gasteiger partial charge in [0.2, 0.25) is 0 Å². The lowest BCUT2D eigenvalue weighted by Crippen LogP contribution is -1.92. The number of hydrogen-bond acceptors (Lipinski definition) is 0. The Labute approximate surface area is 316 Å². The van der Waals surface area contributed by atoms with Crippen LogP contribution in [0.15, 0.2) is 218 Å². The Balaban J connectivity index is 1.22. The van der Waals surface area contributed by atoms with Crippen LogP contribution in [0.4, 0.5) is 0 Å². The summed E-state index contributed by atoms with van der Waals surface area (Å²) in [6, 6.07) is 79.7. The van der Waals surface area contributed by atoms with E-state index in [9.17, 15) is 0 Å². The van der Waals surface area contributed by atoms with Gasteiger partial charge in [0.1, 0.15) is 0 Å². The van der Waals surface area contributed by atoms with Crippen LogP contribution in [-0.4, -0.2) is 0 Å². The molecule has 252 valence electrons. The Hall–Kier alpha value is -7.02. The van der Waals surface area contributed by atoms with E-state index >= 15 is 0 Å². The molecular formula is C54H36. The summed E-state index contributed by atoms with van der Waals surface area (Å²) in [5.41, 5.74) is 14.8. The average Bonchev–Trinajstić information content (AvgIpc) is 3.26. The molecule has 0 radical (unpaired) electrons. The molecule has 0 unspecified atom stereocenters. The van der Waals surface area contributed by atoms with E-state index in [-0.39, 0.29) is 0 Å². The first kappa shape index (κ1) is 31.7. The fourth-order valence-electron chi connectivity index (χ4n) is 8.31. The van der Waals surface area contributed by atoms with Crippen molar-refractivity contribution < 1.29 is 0 Å². The third-order valence-electron chi connectivity index (χ3n) is 10.9. The fourth-order valence-corrected chi connectivity index (χ4v) is 8.31. The first-order chi connectivity index (χ1) is 26.8. The van der Waals surface area contributed by atoms with E-state index in [1.807, 2.05) is 0 Å². The molecule has 10 aromatic carbocycles. The second kappa shape index (κ2) is 13.5. The predicted octanol–water partition coefficient (Wildman–Crippen LogP) is 15.1. The molecule has 10 rings (SSSR count). The van der Waals surface area contributed by atoms with Gasteiger partial charge in [0, 0.05) is 0 Å². The highest BCUT2D eigenvalue weighted by atomic mass is 14.2. The smallest absolute Gasteiger partial charge is 0.00261 e. The summed E-state index contributed by atoms with van der Waals surface area (Å²) in [4.78, 5) is 0. The minimum Gasteiger partial charge on any atom is -0.0622 e. The monoisotopic (exact) mass is 684 g/mol. The third kappa shape index (κ3) is 5.57. The molecule has 0 aliphatic heterocycles. The van der Waals surface area contributed by atoms with E-state index in [4.69, 9.17) is 0 Å². The van der Waals surface area contributed by atoms with Gasteiger partial charge in [0.25, 0.3) is 0 Å². The van der Waals surface area contributed by atoms with Gasteiger partial charge in [-0.3, -0.25) is 0 Å². The number of fused-ring (bicyclic) bond motifs is 3. The van der Waals surface area contributed by atoms with Gasteiger partial charge in [0.05, 0.1) is 0 Å². The maximum absolute atomic E-state index is 2.44. The molecule has 0 amide bonds. The second-order valence-corrected chi connectivity index (χ2v) is 14.0. The molecule has 0 saturated heterocycles. The molecule has 54 heavy (non-hydrogen) atoms. The summed E-state index contributed by atoms with van der Waals surface area (Å²) >= 11 is 0. The molecular weight excluding hydrogens is 649 g/mol. The predicted molar refractivity (Wildman–Crippen MR) is 232 cm³/mol. The van der Waals surface area contributed by atoms with Crippen molar-refractivity contribution in [3.63, 3.8) is 0 Å². The first-order valence-corrected chi connectivity index (χ1v) is 18.7. The highest BCUT2D eigenvalue weighted by Crippen LogP contribution is 2.46. The zero-order valence-electron chi connectivity index (χ0n) is 29.8. The molecule has 0 heterocycles. The van der Waals surface area contributed by atoms with Crippen molar-refractivity contribution in [3.8, 4) is 66.8 Å². The van der Waals surface area contributed by atoms with Gasteiger partial charge in [-0.25, -0.2) is 0 Å². The number of hydrogen-bond donors (Lipinski definition) is 0.